The van der Waals surface area contributed by atoms with Gasteiger partial charge in [0.1, 0.15) is 0 Å². The lowest BCUT2D eigenvalue weighted by atomic mass is 9.85. The van der Waals surface area contributed by atoms with Crippen LogP contribution in [0.2, 0.25) is 0 Å². The Morgan fingerprint density at radius 3 is 2.81 bits per heavy atom. The minimum atomic E-state index is 0.705. The molecule has 1 aliphatic rings. The van der Waals surface area contributed by atoms with E-state index in [0.29, 0.717) is 6.61 Å². The number of nitrogens with one attached hydrogen (secondary N) is 1. The van der Waals surface area contributed by atoms with Gasteiger partial charge in [-0.15, -0.1) is 0 Å². The quantitative estimate of drug-likeness (QED) is 0.794. The van der Waals surface area contributed by atoms with Crippen molar-refractivity contribution in [2.24, 2.45) is 5.92 Å². The van der Waals surface area contributed by atoms with Crippen molar-refractivity contribution in [3.63, 3.8) is 0 Å². The van der Waals surface area contributed by atoms with E-state index in [-0.39, 0.29) is 0 Å². The van der Waals surface area contributed by atoms with Crippen LogP contribution in [0.25, 0.3) is 0 Å². The smallest absolute Gasteiger partial charge is 0.0713 e. The van der Waals surface area contributed by atoms with Crippen LogP contribution in [-0.2, 0) is 17.9 Å². The fourth-order valence-corrected chi connectivity index (χ4v) is 2.11. The largest absolute Gasteiger partial charge is 0.380 e. The lowest BCUT2D eigenvalue weighted by Gasteiger charge is -2.25. The first kappa shape index (κ1) is 11.6. The molecule has 1 aromatic carbocycles. The van der Waals surface area contributed by atoms with E-state index in [0.717, 1.165) is 12.5 Å². The summed E-state index contributed by atoms with van der Waals surface area (Å²) >= 11 is 0. The molecule has 1 saturated carbocycles. The molecule has 16 heavy (non-hydrogen) atoms. The number of hydrogen-bond donors (Lipinski definition) is 1. The first-order chi connectivity index (χ1) is 7.88. The predicted octanol–water partition coefficient (Wildman–Crippen LogP) is 2.72. The number of rotatable bonds is 6. The van der Waals surface area contributed by atoms with Gasteiger partial charge in [0.2, 0.25) is 0 Å². The zero-order valence-electron chi connectivity index (χ0n) is 10.0. The molecule has 0 heterocycles. The molecule has 0 saturated heterocycles. The third-order valence-electron chi connectivity index (χ3n) is 3.29. The van der Waals surface area contributed by atoms with E-state index in [2.05, 4.69) is 29.6 Å². The lowest BCUT2D eigenvalue weighted by Crippen LogP contribution is -2.26. The average molecular weight is 219 g/mol. The minimum absolute atomic E-state index is 0.705. The second-order valence-electron chi connectivity index (χ2n) is 4.68. The van der Waals surface area contributed by atoms with Crippen LogP contribution in [0.15, 0.2) is 24.3 Å². The van der Waals surface area contributed by atoms with Crippen LogP contribution in [0, 0.1) is 5.92 Å². The van der Waals surface area contributed by atoms with Crippen molar-refractivity contribution in [2.45, 2.75) is 32.4 Å². The Kier molecular flexibility index (Phi) is 4.37. The van der Waals surface area contributed by atoms with Crippen molar-refractivity contribution in [1.82, 2.24) is 5.32 Å². The summed E-state index contributed by atoms with van der Waals surface area (Å²) in [6.07, 6.45) is 4.25. The van der Waals surface area contributed by atoms with E-state index in [1.807, 2.05) is 0 Å². The fraction of sp³-hybridized carbons (Fsp3) is 0.571. The summed E-state index contributed by atoms with van der Waals surface area (Å²) in [7, 11) is 1.74. The molecular weight excluding hydrogens is 198 g/mol. The van der Waals surface area contributed by atoms with Crippen molar-refractivity contribution >= 4 is 0 Å². The molecule has 2 rings (SSSR count). The van der Waals surface area contributed by atoms with E-state index in [9.17, 15) is 0 Å². The summed E-state index contributed by atoms with van der Waals surface area (Å²) in [6, 6.07) is 8.61. The van der Waals surface area contributed by atoms with Crippen LogP contribution in [0.3, 0.4) is 0 Å². The molecule has 0 aliphatic heterocycles. The van der Waals surface area contributed by atoms with Gasteiger partial charge < -0.3 is 10.1 Å². The highest BCUT2D eigenvalue weighted by Crippen LogP contribution is 2.25. The van der Waals surface area contributed by atoms with Crippen LogP contribution in [0.4, 0.5) is 0 Å². The zero-order valence-corrected chi connectivity index (χ0v) is 10.0. The van der Waals surface area contributed by atoms with Crippen molar-refractivity contribution in [2.75, 3.05) is 13.7 Å². The van der Waals surface area contributed by atoms with Crippen molar-refractivity contribution in [3.05, 3.63) is 35.4 Å². The Hall–Kier alpha value is -0.860. The second kappa shape index (κ2) is 6.02. The molecule has 0 bridgehead atoms. The van der Waals surface area contributed by atoms with Gasteiger partial charge in [-0.05, 0) is 36.4 Å². The van der Waals surface area contributed by atoms with Crippen LogP contribution in [0.5, 0.6) is 0 Å². The van der Waals surface area contributed by atoms with Crippen LogP contribution >= 0.6 is 0 Å². The number of methoxy groups -OCH3 is 1. The molecule has 0 amide bonds. The van der Waals surface area contributed by atoms with Crippen molar-refractivity contribution < 1.29 is 4.74 Å². The third kappa shape index (κ3) is 3.32. The maximum atomic E-state index is 5.13. The Labute approximate surface area is 98.0 Å². The highest BCUT2D eigenvalue weighted by Gasteiger charge is 2.16. The minimum Gasteiger partial charge on any atom is -0.380 e. The molecule has 88 valence electrons. The van der Waals surface area contributed by atoms with Gasteiger partial charge in [-0.2, -0.15) is 0 Å². The molecule has 0 aromatic heterocycles. The molecule has 2 heteroatoms. The number of hydrogen-bond acceptors (Lipinski definition) is 2. The first-order valence-corrected chi connectivity index (χ1v) is 6.16. The van der Waals surface area contributed by atoms with E-state index < -0.39 is 0 Å². The Morgan fingerprint density at radius 2 is 2.12 bits per heavy atom. The standard InChI is InChI=1S/C14H21NO/c1-16-11-14-7-3-6-13(8-14)10-15-9-12-4-2-5-12/h3,6-8,12,15H,2,4-5,9-11H2,1H3. The van der Waals surface area contributed by atoms with Crippen LogP contribution < -0.4 is 5.32 Å². The molecular formula is C14H21NO. The molecule has 1 aliphatic carbocycles. The van der Waals surface area contributed by atoms with Gasteiger partial charge in [0.25, 0.3) is 0 Å². The summed E-state index contributed by atoms with van der Waals surface area (Å²) in [5.74, 6) is 0.933. The van der Waals surface area contributed by atoms with Gasteiger partial charge in [0, 0.05) is 13.7 Å². The summed E-state index contributed by atoms with van der Waals surface area (Å²) in [5.41, 5.74) is 2.61. The van der Waals surface area contributed by atoms with Gasteiger partial charge in [-0.1, -0.05) is 30.7 Å². The van der Waals surface area contributed by atoms with Crippen LogP contribution in [-0.4, -0.2) is 13.7 Å². The molecule has 1 aromatic rings. The van der Waals surface area contributed by atoms with Gasteiger partial charge in [-0.25, -0.2) is 0 Å². The first-order valence-electron chi connectivity index (χ1n) is 6.16. The van der Waals surface area contributed by atoms with Gasteiger partial charge in [0.15, 0.2) is 0 Å². The van der Waals surface area contributed by atoms with E-state index >= 15 is 0 Å². The molecule has 0 radical (unpaired) electrons. The number of benzene rings is 1. The van der Waals surface area contributed by atoms with E-state index in [4.69, 9.17) is 4.74 Å². The molecule has 1 N–H and O–H groups in total. The maximum Gasteiger partial charge on any atom is 0.0713 e. The predicted molar refractivity (Wildman–Crippen MR) is 66.2 cm³/mol. The molecule has 0 atom stereocenters. The van der Waals surface area contributed by atoms with E-state index in [1.165, 1.54) is 36.9 Å². The fourth-order valence-electron chi connectivity index (χ4n) is 2.11. The number of ether oxygens (including phenoxy) is 1. The molecule has 0 spiro atoms. The molecule has 1 fully saturated rings. The Balaban J connectivity index is 1.76. The average Bonchev–Trinajstić information content (AvgIpc) is 2.23. The van der Waals surface area contributed by atoms with Crippen molar-refractivity contribution in [3.8, 4) is 0 Å². The topological polar surface area (TPSA) is 21.3 Å². The Bertz CT molecular complexity index is 320. The molecule has 2 nitrogen and oxygen atoms in total. The van der Waals surface area contributed by atoms with Crippen molar-refractivity contribution in [1.29, 1.82) is 0 Å². The lowest BCUT2D eigenvalue weighted by molar-refractivity contribution is 0.185. The SMILES string of the molecule is COCc1cccc(CNCC2CCC2)c1. The van der Waals surface area contributed by atoms with Crippen LogP contribution in [0.1, 0.15) is 30.4 Å². The summed E-state index contributed by atoms with van der Waals surface area (Å²) < 4.78 is 5.13. The molecule has 0 unspecified atom stereocenters. The summed E-state index contributed by atoms with van der Waals surface area (Å²) in [4.78, 5) is 0. The summed E-state index contributed by atoms with van der Waals surface area (Å²) in [6.45, 7) is 2.86. The third-order valence-corrected chi connectivity index (χ3v) is 3.29. The Morgan fingerprint density at radius 1 is 1.31 bits per heavy atom. The van der Waals surface area contributed by atoms with E-state index in [1.54, 1.807) is 7.11 Å². The maximum absolute atomic E-state index is 5.13. The monoisotopic (exact) mass is 219 g/mol. The van der Waals surface area contributed by atoms with Gasteiger partial charge >= 0.3 is 0 Å². The summed E-state index contributed by atoms with van der Waals surface area (Å²) in [5, 5.41) is 3.53. The zero-order chi connectivity index (χ0) is 11.2. The second-order valence-corrected chi connectivity index (χ2v) is 4.68. The highest BCUT2D eigenvalue weighted by molar-refractivity contribution is 5.22. The normalized spacial score (nSPS) is 16.1. The highest BCUT2D eigenvalue weighted by atomic mass is 16.5. The van der Waals surface area contributed by atoms with Gasteiger partial charge in [-0.3, -0.25) is 0 Å². The van der Waals surface area contributed by atoms with Gasteiger partial charge in [0.05, 0.1) is 6.61 Å².